The number of hydrogen-bond donors (Lipinski definition) is 0. The van der Waals surface area contributed by atoms with Crippen LogP contribution in [0.25, 0.3) is 0 Å². The van der Waals surface area contributed by atoms with Gasteiger partial charge in [0, 0.05) is 9.35 Å². The molecule has 16 heavy (non-hydrogen) atoms. The van der Waals surface area contributed by atoms with Gasteiger partial charge in [-0.3, -0.25) is 4.79 Å². The van der Waals surface area contributed by atoms with Crippen molar-refractivity contribution in [2.24, 2.45) is 0 Å². The lowest BCUT2D eigenvalue weighted by molar-refractivity contribution is 0.111. The zero-order valence-electron chi connectivity index (χ0n) is 8.35. The van der Waals surface area contributed by atoms with Crippen LogP contribution in [0, 0.1) is 0 Å². The lowest BCUT2D eigenvalue weighted by Crippen LogP contribution is -1.96. The van der Waals surface area contributed by atoms with Crippen molar-refractivity contribution < 1.29 is 9.53 Å². The number of hydrogen-bond acceptors (Lipinski definition) is 3. The Morgan fingerprint density at radius 3 is 2.94 bits per heavy atom. The molecule has 0 aliphatic heterocycles. The van der Waals surface area contributed by atoms with Gasteiger partial charge in [0.2, 0.25) is 0 Å². The number of carbonyl (C=O) groups excluding carboxylic acids is 1. The first-order valence-electron chi connectivity index (χ1n) is 4.69. The molecule has 0 aliphatic rings. The summed E-state index contributed by atoms with van der Waals surface area (Å²) >= 11 is 4.95. The number of ether oxygens (including phenoxy) is 1. The standard InChI is InChI=1S/C12H9BrO2S/c13-10-3-4-12(9(6-10)7-14)15-8-11-2-1-5-16-11/h1-7H,8H2. The number of thiophene rings is 1. The van der Waals surface area contributed by atoms with Crippen LogP contribution < -0.4 is 4.74 Å². The highest BCUT2D eigenvalue weighted by molar-refractivity contribution is 9.10. The molecule has 4 heteroatoms. The summed E-state index contributed by atoms with van der Waals surface area (Å²) < 4.78 is 6.46. The molecule has 1 aromatic heterocycles. The minimum absolute atomic E-state index is 0.500. The molecule has 0 radical (unpaired) electrons. The zero-order chi connectivity index (χ0) is 11.4. The number of benzene rings is 1. The molecule has 1 aromatic carbocycles. The van der Waals surface area contributed by atoms with Crippen molar-refractivity contribution in [1.82, 2.24) is 0 Å². The van der Waals surface area contributed by atoms with E-state index in [1.807, 2.05) is 23.6 Å². The van der Waals surface area contributed by atoms with E-state index >= 15 is 0 Å². The molecule has 0 atom stereocenters. The molecule has 2 rings (SSSR count). The van der Waals surface area contributed by atoms with Crippen molar-refractivity contribution in [1.29, 1.82) is 0 Å². The minimum atomic E-state index is 0.500. The van der Waals surface area contributed by atoms with Crippen LogP contribution in [0.5, 0.6) is 5.75 Å². The molecule has 0 unspecified atom stereocenters. The van der Waals surface area contributed by atoms with Gasteiger partial charge < -0.3 is 4.74 Å². The van der Waals surface area contributed by atoms with Gasteiger partial charge in [-0.15, -0.1) is 11.3 Å². The average molecular weight is 297 g/mol. The van der Waals surface area contributed by atoms with Crippen LogP contribution in [0.1, 0.15) is 15.2 Å². The van der Waals surface area contributed by atoms with Gasteiger partial charge in [-0.1, -0.05) is 22.0 Å². The summed E-state index contributed by atoms with van der Waals surface area (Å²) in [5.74, 6) is 0.617. The Kier molecular flexibility index (Phi) is 3.74. The van der Waals surface area contributed by atoms with Crippen molar-refractivity contribution in [3.05, 3.63) is 50.6 Å². The summed E-state index contributed by atoms with van der Waals surface area (Å²) in [5, 5.41) is 2.00. The van der Waals surface area contributed by atoms with Gasteiger partial charge in [0.1, 0.15) is 12.4 Å². The van der Waals surface area contributed by atoms with Gasteiger partial charge in [-0.2, -0.15) is 0 Å². The Bertz CT molecular complexity index is 480. The average Bonchev–Trinajstić information content (AvgIpc) is 2.80. The molecule has 0 fully saturated rings. The van der Waals surface area contributed by atoms with E-state index in [-0.39, 0.29) is 0 Å². The maximum Gasteiger partial charge on any atom is 0.153 e. The summed E-state index contributed by atoms with van der Waals surface area (Å²) in [6, 6.07) is 9.38. The second kappa shape index (κ2) is 5.27. The normalized spacial score (nSPS) is 10.1. The molecule has 0 saturated heterocycles. The maximum atomic E-state index is 10.8. The van der Waals surface area contributed by atoms with Crippen LogP contribution in [-0.2, 0) is 6.61 Å². The molecular weight excluding hydrogens is 288 g/mol. The number of carbonyl (C=O) groups is 1. The largest absolute Gasteiger partial charge is 0.487 e. The highest BCUT2D eigenvalue weighted by Gasteiger charge is 2.04. The van der Waals surface area contributed by atoms with E-state index < -0.39 is 0 Å². The van der Waals surface area contributed by atoms with Crippen molar-refractivity contribution in [2.45, 2.75) is 6.61 Å². The molecule has 82 valence electrons. The molecule has 0 spiro atoms. The molecule has 0 bridgehead atoms. The third-order valence-electron chi connectivity index (χ3n) is 2.05. The summed E-state index contributed by atoms with van der Waals surface area (Å²) in [4.78, 5) is 12.0. The van der Waals surface area contributed by atoms with Crippen LogP contribution in [0.15, 0.2) is 40.2 Å². The molecule has 0 aliphatic carbocycles. The van der Waals surface area contributed by atoms with Crippen LogP contribution in [-0.4, -0.2) is 6.29 Å². The fraction of sp³-hybridized carbons (Fsp3) is 0.0833. The van der Waals surface area contributed by atoms with Crippen molar-refractivity contribution in [3.63, 3.8) is 0 Å². The number of halogens is 1. The molecular formula is C12H9BrO2S. The molecule has 0 N–H and O–H groups in total. The fourth-order valence-corrected chi connectivity index (χ4v) is 2.28. The van der Waals surface area contributed by atoms with Gasteiger partial charge in [0.25, 0.3) is 0 Å². The molecule has 0 saturated carbocycles. The van der Waals surface area contributed by atoms with E-state index in [1.54, 1.807) is 23.5 Å². The van der Waals surface area contributed by atoms with Gasteiger partial charge >= 0.3 is 0 Å². The number of aldehydes is 1. The minimum Gasteiger partial charge on any atom is -0.487 e. The van der Waals surface area contributed by atoms with Crippen LogP contribution >= 0.6 is 27.3 Å². The van der Waals surface area contributed by atoms with E-state index in [2.05, 4.69) is 15.9 Å². The lowest BCUT2D eigenvalue weighted by Gasteiger charge is -2.07. The van der Waals surface area contributed by atoms with Crippen molar-refractivity contribution in [3.8, 4) is 5.75 Å². The third kappa shape index (κ3) is 2.71. The fourth-order valence-electron chi connectivity index (χ4n) is 1.29. The summed E-state index contributed by atoms with van der Waals surface area (Å²) in [6.45, 7) is 0.500. The quantitative estimate of drug-likeness (QED) is 0.800. The Morgan fingerprint density at radius 1 is 1.38 bits per heavy atom. The van der Waals surface area contributed by atoms with Crippen LogP contribution in [0.3, 0.4) is 0 Å². The van der Waals surface area contributed by atoms with Gasteiger partial charge in [-0.05, 0) is 29.6 Å². The van der Waals surface area contributed by atoms with Gasteiger partial charge in [-0.25, -0.2) is 0 Å². The van der Waals surface area contributed by atoms with Gasteiger partial charge in [0.15, 0.2) is 6.29 Å². The zero-order valence-corrected chi connectivity index (χ0v) is 10.8. The summed E-state index contributed by atoms with van der Waals surface area (Å²) in [6.07, 6.45) is 0.800. The predicted octanol–water partition coefficient (Wildman–Crippen LogP) is 3.90. The lowest BCUT2D eigenvalue weighted by atomic mass is 10.2. The van der Waals surface area contributed by atoms with E-state index in [0.29, 0.717) is 17.9 Å². The topological polar surface area (TPSA) is 26.3 Å². The van der Waals surface area contributed by atoms with Crippen molar-refractivity contribution >= 4 is 33.6 Å². The second-order valence-corrected chi connectivity index (χ2v) is 5.12. The van der Waals surface area contributed by atoms with E-state index in [1.165, 1.54) is 0 Å². The molecule has 1 heterocycles. The highest BCUT2D eigenvalue weighted by atomic mass is 79.9. The monoisotopic (exact) mass is 296 g/mol. The Labute approximate surface area is 106 Å². The molecule has 2 aromatic rings. The first-order valence-corrected chi connectivity index (χ1v) is 6.37. The molecule has 2 nitrogen and oxygen atoms in total. The smallest absolute Gasteiger partial charge is 0.153 e. The highest BCUT2D eigenvalue weighted by Crippen LogP contribution is 2.23. The van der Waals surface area contributed by atoms with E-state index in [0.717, 1.165) is 15.6 Å². The summed E-state index contributed by atoms with van der Waals surface area (Å²) in [5.41, 5.74) is 0.561. The Balaban J connectivity index is 2.12. The summed E-state index contributed by atoms with van der Waals surface area (Å²) in [7, 11) is 0. The second-order valence-electron chi connectivity index (χ2n) is 3.17. The van der Waals surface area contributed by atoms with Crippen LogP contribution in [0.2, 0.25) is 0 Å². The first kappa shape index (κ1) is 11.4. The van der Waals surface area contributed by atoms with Crippen LogP contribution in [0.4, 0.5) is 0 Å². The van der Waals surface area contributed by atoms with E-state index in [9.17, 15) is 4.79 Å². The predicted molar refractivity (Wildman–Crippen MR) is 68.2 cm³/mol. The molecule has 0 amide bonds. The maximum absolute atomic E-state index is 10.8. The van der Waals surface area contributed by atoms with E-state index in [4.69, 9.17) is 4.74 Å². The Hall–Kier alpha value is -1.13. The Morgan fingerprint density at radius 2 is 2.25 bits per heavy atom. The van der Waals surface area contributed by atoms with Gasteiger partial charge in [0.05, 0.1) is 5.56 Å². The van der Waals surface area contributed by atoms with Crippen molar-refractivity contribution in [2.75, 3.05) is 0 Å². The number of rotatable bonds is 4. The third-order valence-corrected chi connectivity index (χ3v) is 3.39. The SMILES string of the molecule is O=Cc1cc(Br)ccc1OCc1cccs1. The first-order chi connectivity index (χ1) is 7.79.